The van der Waals surface area contributed by atoms with E-state index in [-0.39, 0.29) is 0 Å². The Kier molecular flexibility index (Phi) is 4.46. The van der Waals surface area contributed by atoms with Crippen LogP contribution in [0.25, 0.3) is 0 Å². The average molecular weight is 175 g/mol. The Bertz CT molecular complexity index is 194. The van der Waals surface area contributed by atoms with Crippen LogP contribution in [0.1, 0.15) is 0 Å². The fourth-order valence-electron chi connectivity index (χ4n) is 0.453. The highest BCUT2D eigenvalue weighted by atomic mass is 35.5. The molecule has 11 heavy (non-hydrogen) atoms. The van der Waals surface area contributed by atoms with E-state index in [0.717, 1.165) is 0 Å². The van der Waals surface area contributed by atoms with Crippen LogP contribution < -0.4 is 0 Å². The summed E-state index contributed by atoms with van der Waals surface area (Å²) in [5.41, 5.74) is 0. The van der Waals surface area contributed by atoms with E-state index in [9.17, 15) is 0 Å². The van der Waals surface area contributed by atoms with Crippen LogP contribution in [0.3, 0.4) is 0 Å². The van der Waals surface area contributed by atoms with Gasteiger partial charge in [-0.2, -0.15) is 0 Å². The highest BCUT2D eigenvalue weighted by molar-refractivity contribution is 6.31. The van der Waals surface area contributed by atoms with Gasteiger partial charge in [-0.15, -0.1) is 0 Å². The molecule has 2 nitrogen and oxygen atoms in total. The lowest BCUT2D eigenvalue weighted by Gasteiger charge is -2.03. The van der Waals surface area contributed by atoms with Gasteiger partial charge >= 0.3 is 0 Å². The Labute approximate surface area is 71.8 Å². The minimum absolute atomic E-state index is 0.325. The molecule has 0 spiro atoms. The number of hydrogen-bond donors (Lipinski definition) is 0. The van der Waals surface area contributed by atoms with Crippen LogP contribution in [-0.4, -0.2) is 14.2 Å². The van der Waals surface area contributed by atoms with Gasteiger partial charge in [-0.05, 0) is 0 Å². The van der Waals surface area contributed by atoms with E-state index in [1.54, 1.807) is 6.08 Å². The van der Waals surface area contributed by atoms with Gasteiger partial charge in [0.1, 0.15) is 11.5 Å². The number of rotatable bonds is 4. The molecule has 62 valence electrons. The third kappa shape index (κ3) is 3.73. The van der Waals surface area contributed by atoms with Crippen molar-refractivity contribution in [2.24, 2.45) is 0 Å². The van der Waals surface area contributed by atoms with Crippen molar-refractivity contribution >= 4 is 11.6 Å². The first kappa shape index (κ1) is 10.1. The van der Waals surface area contributed by atoms with Gasteiger partial charge in [0.05, 0.1) is 19.3 Å². The summed E-state index contributed by atoms with van der Waals surface area (Å²) in [4.78, 5) is 0. The highest BCUT2D eigenvalue weighted by Gasteiger charge is 1.98. The third-order valence-electron chi connectivity index (χ3n) is 1.04. The number of allylic oxidation sites excluding steroid dienone is 2. The summed E-state index contributed by atoms with van der Waals surface area (Å²) < 4.78 is 9.66. The molecule has 0 aromatic carbocycles. The van der Waals surface area contributed by atoms with Crippen LogP contribution in [0, 0.1) is 0 Å². The molecule has 0 aliphatic heterocycles. The Morgan fingerprint density at radius 3 is 2.09 bits per heavy atom. The summed E-state index contributed by atoms with van der Waals surface area (Å²) in [6.45, 7) is 7.05. The zero-order valence-electron chi connectivity index (χ0n) is 6.69. The number of halogens is 1. The zero-order chi connectivity index (χ0) is 8.85. The molecule has 0 atom stereocenters. The van der Waals surface area contributed by atoms with Crippen LogP contribution in [0.4, 0.5) is 0 Å². The Morgan fingerprint density at radius 1 is 1.27 bits per heavy atom. The fourth-order valence-corrected chi connectivity index (χ4v) is 0.585. The fraction of sp³-hybridized carbons (Fsp3) is 0.250. The summed E-state index contributed by atoms with van der Waals surface area (Å²) in [6, 6.07) is 0. The molecule has 0 fully saturated rings. The summed E-state index contributed by atoms with van der Waals surface area (Å²) >= 11 is 5.56. The summed E-state index contributed by atoms with van der Waals surface area (Å²) in [6.07, 6.45) is 1.56. The monoisotopic (exact) mass is 174 g/mol. The van der Waals surface area contributed by atoms with Gasteiger partial charge in [0.15, 0.2) is 0 Å². The van der Waals surface area contributed by atoms with Crippen LogP contribution >= 0.6 is 11.6 Å². The number of methoxy groups -OCH3 is 2. The molecular weight excluding hydrogens is 164 g/mol. The van der Waals surface area contributed by atoms with Crippen molar-refractivity contribution in [3.63, 3.8) is 0 Å². The summed E-state index contributed by atoms with van der Waals surface area (Å²) in [5.74, 6) is 0.933. The van der Waals surface area contributed by atoms with Gasteiger partial charge in [0, 0.05) is 6.08 Å². The summed E-state index contributed by atoms with van der Waals surface area (Å²) in [5, 5.41) is 0.325. The van der Waals surface area contributed by atoms with E-state index in [1.165, 1.54) is 14.2 Å². The first-order valence-corrected chi connectivity index (χ1v) is 3.33. The van der Waals surface area contributed by atoms with E-state index < -0.39 is 0 Å². The smallest absolute Gasteiger partial charge is 0.140 e. The van der Waals surface area contributed by atoms with Crippen molar-refractivity contribution in [2.75, 3.05) is 14.2 Å². The van der Waals surface area contributed by atoms with E-state index in [0.29, 0.717) is 16.6 Å². The van der Waals surface area contributed by atoms with Crippen molar-refractivity contribution in [2.45, 2.75) is 0 Å². The van der Waals surface area contributed by atoms with Crippen molar-refractivity contribution in [1.82, 2.24) is 0 Å². The molecule has 0 aromatic rings. The second kappa shape index (κ2) is 4.85. The van der Waals surface area contributed by atoms with Gasteiger partial charge in [0.25, 0.3) is 0 Å². The zero-order valence-corrected chi connectivity index (χ0v) is 7.44. The molecule has 0 aliphatic rings. The lowest BCUT2D eigenvalue weighted by molar-refractivity contribution is 0.285. The molecule has 0 radical (unpaired) electrons. The molecule has 0 N–H and O–H groups in total. The Hall–Kier alpha value is -0.890. The van der Waals surface area contributed by atoms with Crippen LogP contribution in [0.15, 0.2) is 35.8 Å². The minimum atomic E-state index is 0.325. The van der Waals surface area contributed by atoms with Crippen molar-refractivity contribution in [1.29, 1.82) is 0 Å². The van der Waals surface area contributed by atoms with Crippen LogP contribution in [0.2, 0.25) is 0 Å². The van der Waals surface area contributed by atoms with Gasteiger partial charge in [0.2, 0.25) is 0 Å². The molecule has 0 heterocycles. The highest BCUT2D eigenvalue weighted by Crippen LogP contribution is 2.14. The first-order chi connectivity index (χ1) is 5.11. The van der Waals surface area contributed by atoms with Crippen molar-refractivity contribution in [3.05, 3.63) is 35.8 Å². The lowest BCUT2D eigenvalue weighted by Crippen LogP contribution is -1.88. The lowest BCUT2D eigenvalue weighted by atomic mass is 10.4. The Morgan fingerprint density at radius 2 is 1.82 bits per heavy atom. The van der Waals surface area contributed by atoms with Gasteiger partial charge in [-0.3, -0.25) is 0 Å². The molecular formula is C8H11ClO2. The van der Waals surface area contributed by atoms with E-state index >= 15 is 0 Å². The molecule has 3 heteroatoms. The van der Waals surface area contributed by atoms with Crippen molar-refractivity contribution in [3.8, 4) is 0 Å². The predicted octanol–water partition coefficient (Wildman–Crippen LogP) is 2.43. The van der Waals surface area contributed by atoms with E-state index in [4.69, 9.17) is 21.1 Å². The average Bonchev–Trinajstić information content (AvgIpc) is 1.99. The standard InChI is InChI=1S/C8H11ClO2/c1-6(10-3)5-8(11-4)7(2)9/h5H,1-2H2,3-4H3/b8-5+. The maximum absolute atomic E-state index is 5.56. The maximum Gasteiger partial charge on any atom is 0.140 e. The Balaban J connectivity index is 4.35. The van der Waals surface area contributed by atoms with Gasteiger partial charge in [-0.1, -0.05) is 24.8 Å². The van der Waals surface area contributed by atoms with E-state index in [1.807, 2.05) is 0 Å². The number of ether oxygens (including phenoxy) is 2. The molecule has 0 aliphatic carbocycles. The third-order valence-corrected chi connectivity index (χ3v) is 1.23. The quantitative estimate of drug-likeness (QED) is 0.482. The molecule has 0 bridgehead atoms. The number of hydrogen-bond acceptors (Lipinski definition) is 2. The SMILES string of the molecule is C=C(/C=C(/OC)C(=C)Cl)OC. The minimum Gasteiger partial charge on any atom is -0.497 e. The largest absolute Gasteiger partial charge is 0.497 e. The second-order valence-electron chi connectivity index (χ2n) is 1.79. The van der Waals surface area contributed by atoms with E-state index in [2.05, 4.69) is 13.2 Å². The topological polar surface area (TPSA) is 18.5 Å². The first-order valence-electron chi connectivity index (χ1n) is 2.95. The molecule has 0 unspecified atom stereocenters. The second-order valence-corrected chi connectivity index (χ2v) is 2.24. The molecule has 0 saturated heterocycles. The molecule has 0 amide bonds. The predicted molar refractivity (Wildman–Crippen MR) is 46.2 cm³/mol. The normalized spacial score (nSPS) is 10.6. The van der Waals surface area contributed by atoms with Crippen LogP contribution in [0.5, 0.6) is 0 Å². The molecule has 0 saturated carbocycles. The van der Waals surface area contributed by atoms with Gasteiger partial charge in [-0.25, -0.2) is 0 Å². The maximum atomic E-state index is 5.56. The van der Waals surface area contributed by atoms with Crippen LogP contribution in [-0.2, 0) is 9.47 Å². The van der Waals surface area contributed by atoms with Gasteiger partial charge < -0.3 is 9.47 Å². The summed E-state index contributed by atoms with van der Waals surface area (Å²) in [7, 11) is 3.02. The molecule has 0 rings (SSSR count). The molecule has 0 aromatic heterocycles. The van der Waals surface area contributed by atoms with Crippen molar-refractivity contribution < 1.29 is 9.47 Å².